The van der Waals surface area contributed by atoms with Gasteiger partial charge < -0.3 is 0 Å². The molecule has 0 aliphatic heterocycles. The van der Waals surface area contributed by atoms with Gasteiger partial charge >= 0.3 is 0 Å². The van der Waals surface area contributed by atoms with E-state index in [1.54, 1.807) is 0 Å². The molecule has 1 fully saturated rings. The van der Waals surface area contributed by atoms with Gasteiger partial charge in [0.15, 0.2) is 0 Å². The lowest BCUT2D eigenvalue weighted by atomic mass is 9.91. The SMILES string of the molecule is O=NC1(N=O)CCCCC1. The lowest BCUT2D eigenvalue weighted by Gasteiger charge is -2.21. The van der Waals surface area contributed by atoms with E-state index in [1.807, 2.05) is 0 Å². The summed E-state index contributed by atoms with van der Waals surface area (Å²) in [5.74, 6) is 0. The van der Waals surface area contributed by atoms with Gasteiger partial charge in [0.1, 0.15) is 0 Å². The minimum Gasteiger partial charge on any atom is -0.148 e. The third-order valence-corrected chi connectivity index (χ3v) is 1.99. The Hall–Kier alpha value is -0.800. The Bertz CT molecular complexity index is 131. The van der Waals surface area contributed by atoms with E-state index in [0.717, 1.165) is 19.3 Å². The fourth-order valence-corrected chi connectivity index (χ4v) is 1.32. The van der Waals surface area contributed by atoms with Gasteiger partial charge in [-0.15, -0.1) is 9.81 Å². The molecule has 1 aliphatic carbocycles. The first-order valence-electron chi connectivity index (χ1n) is 3.52. The van der Waals surface area contributed by atoms with Crippen LogP contribution in [0.3, 0.4) is 0 Å². The summed E-state index contributed by atoms with van der Waals surface area (Å²) in [5, 5.41) is 5.54. The topological polar surface area (TPSA) is 58.9 Å². The van der Waals surface area contributed by atoms with Gasteiger partial charge in [-0.05, 0) is 36.0 Å². The van der Waals surface area contributed by atoms with Gasteiger partial charge in [0.05, 0.1) is 0 Å². The fraction of sp³-hybridized carbons (Fsp3) is 1.00. The van der Waals surface area contributed by atoms with Crippen molar-refractivity contribution >= 4 is 0 Å². The summed E-state index contributed by atoms with van der Waals surface area (Å²) in [6.07, 6.45) is 3.97. The molecule has 0 aromatic heterocycles. The highest BCUT2D eigenvalue weighted by Crippen LogP contribution is 2.32. The molecule has 0 saturated heterocycles. The van der Waals surface area contributed by atoms with Crippen molar-refractivity contribution in [2.24, 2.45) is 10.4 Å². The highest BCUT2D eigenvalue weighted by Gasteiger charge is 2.34. The molecule has 0 atom stereocenters. The number of hydrogen-bond acceptors (Lipinski definition) is 4. The first-order valence-corrected chi connectivity index (χ1v) is 3.52. The standard InChI is InChI=1S/C6H10N2O2/c9-7-6(8-10)4-2-1-3-5-6/h1-5H2. The van der Waals surface area contributed by atoms with Crippen molar-refractivity contribution in [1.29, 1.82) is 0 Å². The molecule has 0 N–H and O–H groups in total. The van der Waals surface area contributed by atoms with Crippen LogP contribution in [0.5, 0.6) is 0 Å². The number of nitroso groups, excluding NO2 is 2. The Morgan fingerprint density at radius 3 is 1.70 bits per heavy atom. The maximum Gasteiger partial charge on any atom is 0.232 e. The molecule has 0 bridgehead atoms. The zero-order valence-corrected chi connectivity index (χ0v) is 5.75. The van der Waals surface area contributed by atoms with Gasteiger partial charge in [0.2, 0.25) is 5.66 Å². The minimum atomic E-state index is -1.10. The van der Waals surface area contributed by atoms with Crippen LogP contribution in [0.25, 0.3) is 0 Å². The fourth-order valence-electron chi connectivity index (χ4n) is 1.32. The summed E-state index contributed by atoms with van der Waals surface area (Å²) >= 11 is 0. The predicted molar refractivity (Wildman–Crippen MR) is 37.4 cm³/mol. The molecule has 0 spiro atoms. The van der Waals surface area contributed by atoms with E-state index in [4.69, 9.17) is 0 Å². The molecule has 0 aromatic rings. The molecule has 4 nitrogen and oxygen atoms in total. The molecular weight excluding hydrogens is 132 g/mol. The molecule has 0 aromatic carbocycles. The smallest absolute Gasteiger partial charge is 0.148 e. The van der Waals surface area contributed by atoms with E-state index in [2.05, 4.69) is 10.4 Å². The van der Waals surface area contributed by atoms with Crippen LogP contribution < -0.4 is 0 Å². The second kappa shape index (κ2) is 2.86. The summed E-state index contributed by atoms with van der Waals surface area (Å²) in [6, 6.07) is 0. The van der Waals surface area contributed by atoms with Crippen molar-refractivity contribution in [3.63, 3.8) is 0 Å². The van der Waals surface area contributed by atoms with Gasteiger partial charge in [0.25, 0.3) is 0 Å². The van der Waals surface area contributed by atoms with Crippen LogP contribution in [0.15, 0.2) is 10.4 Å². The Morgan fingerprint density at radius 1 is 0.900 bits per heavy atom. The molecule has 0 heterocycles. The van der Waals surface area contributed by atoms with Crippen LogP contribution in [0, 0.1) is 9.81 Å². The first kappa shape index (κ1) is 7.31. The molecular formula is C6H10N2O2. The minimum absolute atomic E-state index is 0.542. The van der Waals surface area contributed by atoms with E-state index >= 15 is 0 Å². The first-order chi connectivity index (χ1) is 4.83. The third kappa shape index (κ3) is 1.20. The monoisotopic (exact) mass is 142 g/mol. The second-order valence-corrected chi connectivity index (χ2v) is 2.73. The quantitative estimate of drug-likeness (QED) is 0.555. The van der Waals surface area contributed by atoms with Crippen molar-refractivity contribution < 1.29 is 0 Å². The lowest BCUT2D eigenvalue weighted by Crippen LogP contribution is -2.25. The van der Waals surface area contributed by atoms with Gasteiger partial charge in [-0.2, -0.15) is 0 Å². The van der Waals surface area contributed by atoms with Gasteiger partial charge in [-0.25, -0.2) is 0 Å². The van der Waals surface area contributed by atoms with Crippen LogP contribution in [0.2, 0.25) is 0 Å². The molecule has 10 heavy (non-hydrogen) atoms. The maximum atomic E-state index is 10.2. The summed E-state index contributed by atoms with van der Waals surface area (Å²) in [7, 11) is 0. The van der Waals surface area contributed by atoms with Crippen LogP contribution in [0.1, 0.15) is 32.1 Å². The van der Waals surface area contributed by atoms with Gasteiger partial charge in [0, 0.05) is 0 Å². The predicted octanol–water partition coefficient (Wildman–Crippen LogP) is 2.18. The molecule has 1 rings (SSSR count). The normalized spacial score (nSPS) is 23.6. The van der Waals surface area contributed by atoms with Gasteiger partial charge in [-0.1, -0.05) is 6.42 Å². The Balaban J connectivity index is 2.60. The Kier molecular flexibility index (Phi) is 2.09. The van der Waals surface area contributed by atoms with E-state index in [9.17, 15) is 9.81 Å². The van der Waals surface area contributed by atoms with Crippen LogP contribution in [-0.4, -0.2) is 5.66 Å². The molecule has 0 unspecified atom stereocenters. The highest BCUT2D eigenvalue weighted by molar-refractivity contribution is 4.87. The average molecular weight is 142 g/mol. The lowest BCUT2D eigenvalue weighted by molar-refractivity contribution is 0.306. The van der Waals surface area contributed by atoms with Crippen molar-refractivity contribution in [3.05, 3.63) is 9.81 Å². The second-order valence-electron chi connectivity index (χ2n) is 2.73. The highest BCUT2D eigenvalue weighted by atomic mass is 16.3. The molecule has 56 valence electrons. The van der Waals surface area contributed by atoms with Crippen molar-refractivity contribution in [1.82, 2.24) is 0 Å². The molecule has 1 saturated carbocycles. The Morgan fingerprint density at radius 2 is 1.40 bits per heavy atom. The van der Waals surface area contributed by atoms with E-state index in [0.29, 0.717) is 12.8 Å². The van der Waals surface area contributed by atoms with E-state index in [-0.39, 0.29) is 0 Å². The zero-order valence-electron chi connectivity index (χ0n) is 5.75. The zero-order chi connectivity index (χ0) is 7.45. The third-order valence-electron chi connectivity index (χ3n) is 1.99. The van der Waals surface area contributed by atoms with Crippen molar-refractivity contribution in [2.45, 2.75) is 37.8 Å². The van der Waals surface area contributed by atoms with E-state index < -0.39 is 5.66 Å². The molecule has 0 radical (unpaired) electrons. The average Bonchev–Trinajstić information content (AvgIpc) is 2.06. The summed E-state index contributed by atoms with van der Waals surface area (Å²) in [6.45, 7) is 0. The summed E-state index contributed by atoms with van der Waals surface area (Å²) in [5.41, 5.74) is -1.10. The van der Waals surface area contributed by atoms with Gasteiger partial charge in [-0.3, -0.25) is 0 Å². The molecule has 0 amide bonds. The Labute approximate surface area is 58.9 Å². The maximum absolute atomic E-state index is 10.2. The largest absolute Gasteiger partial charge is 0.232 e. The van der Waals surface area contributed by atoms with Crippen LogP contribution in [-0.2, 0) is 0 Å². The summed E-state index contributed by atoms with van der Waals surface area (Å²) < 4.78 is 0. The molecule has 1 aliphatic rings. The molecule has 4 heteroatoms. The van der Waals surface area contributed by atoms with Crippen molar-refractivity contribution in [3.8, 4) is 0 Å². The van der Waals surface area contributed by atoms with Crippen LogP contribution >= 0.6 is 0 Å². The van der Waals surface area contributed by atoms with Crippen molar-refractivity contribution in [2.75, 3.05) is 0 Å². The number of hydrogen-bond donors (Lipinski definition) is 0. The van der Waals surface area contributed by atoms with Crippen LogP contribution in [0.4, 0.5) is 0 Å². The number of nitrogens with zero attached hydrogens (tertiary/aromatic N) is 2. The summed E-state index contributed by atoms with van der Waals surface area (Å²) in [4.78, 5) is 20.3. The number of rotatable bonds is 2. The van der Waals surface area contributed by atoms with E-state index in [1.165, 1.54) is 0 Å².